The van der Waals surface area contributed by atoms with Crippen LogP contribution in [0.2, 0.25) is 0 Å². The fourth-order valence-electron chi connectivity index (χ4n) is 1.88. The van der Waals surface area contributed by atoms with Gasteiger partial charge < -0.3 is 5.32 Å². The third-order valence-corrected chi connectivity index (χ3v) is 3.02. The Hall–Kier alpha value is -2.17. The van der Waals surface area contributed by atoms with Gasteiger partial charge >= 0.3 is 0 Å². The molecule has 0 radical (unpaired) electrons. The molecule has 0 spiro atoms. The fraction of sp³-hybridized carbons (Fsp3) is 0.400. The van der Waals surface area contributed by atoms with Gasteiger partial charge in [0.15, 0.2) is 0 Å². The van der Waals surface area contributed by atoms with Crippen molar-refractivity contribution in [2.45, 2.75) is 26.7 Å². The smallest absolute Gasteiger partial charge is 0.252 e. The molecular formula is C15H20N4O. The summed E-state index contributed by atoms with van der Waals surface area (Å²) in [4.78, 5) is 20.1. The first-order chi connectivity index (χ1) is 9.66. The van der Waals surface area contributed by atoms with Crippen LogP contribution in [0.5, 0.6) is 0 Å². The van der Waals surface area contributed by atoms with E-state index in [2.05, 4.69) is 29.1 Å². The zero-order valence-corrected chi connectivity index (χ0v) is 11.9. The minimum absolute atomic E-state index is 0.0709. The lowest BCUT2D eigenvalue weighted by atomic mass is 10.1. The van der Waals surface area contributed by atoms with Crippen LogP contribution >= 0.6 is 0 Å². The number of nitrogens with one attached hydrogen (secondary N) is 1. The Morgan fingerprint density at radius 1 is 1.40 bits per heavy atom. The monoisotopic (exact) mass is 272 g/mol. The van der Waals surface area contributed by atoms with Crippen molar-refractivity contribution in [3.05, 3.63) is 42.6 Å². The number of carbonyl (C=O) groups excluding carboxylic acids is 1. The molecule has 5 nitrogen and oxygen atoms in total. The van der Waals surface area contributed by atoms with E-state index in [1.54, 1.807) is 29.4 Å². The van der Waals surface area contributed by atoms with E-state index in [1.165, 1.54) is 0 Å². The number of imidazole rings is 1. The molecule has 0 unspecified atom stereocenters. The van der Waals surface area contributed by atoms with Crippen LogP contribution in [0.1, 0.15) is 37.0 Å². The van der Waals surface area contributed by atoms with Gasteiger partial charge in [0.2, 0.25) is 0 Å². The second kappa shape index (κ2) is 6.84. The first kappa shape index (κ1) is 14.2. The molecule has 0 aromatic carbocycles. The number of amides is 1. The lowest BCUT2D eigenvalue weighted by Crippen LogP contribution is -2.24. The van der Waals surface area contributed by atoms with Gasteiger partial charge in [-0.3, -0.25) is 9.36 Å². The largest absolute Gasteiger partial charge is 0.352 e. The molecule has 0 aliphatic carbocycles. The van der Waals surface area contributed by atoms with Crippen LogP contribution in [0.15, 0.2) is 37.1 Å². The van der Waals surface area contributed by atoms with E-state index in [4.69, 9.17) is 0 Å². The highest BCUT2D eigenvalue weighted by molar-refractivity contribution is 5.93. The van der Waals surface area contributed by atoms with Crippen LogP contribution in [0.3, 0.4) is 0 Å². The van der Waals surface area contributed by atoms with E-state index in [0.717, 1.165) is 18.7 Å². The van der Waals surface area contributed by atoms with E-state index >= 15 is 0 Å². The SMILES string of the molecule is CC(C)CCCNC(=O)c1ccc(-n2ccnc2)nc1. The maximum atomic E-state index is 11.9. The quantitative estimate of drug-likeness (QED) is 0.822. The van der Waals surface area contributed by atoms with Crippen molar-refractivity contribution < 1.29 is 4.79 Å². The Kier molecular flexibility index (Phi) is 4.87. The molecule has 2 aromatic rings. The summed E-state index contributed by atoms with van der Waals surface area (Å²) in [5.41, 5.74) is 0.582. The fourth-order valence-corrected chi connectivity index (χ4v) is 1.88. The zero-order chi connectivity index (χ0) is 14.4. The second-order valence-corrected chi connectivity index (χ2v) is 5.17. The number of aromatic nitrogens is 3. The molecule has 0 atom stereocenters. The third kappa shape index (κ3) is 3.91. The summed E-state index contributed by atoms with van der Waals surface area (Å²) < 4.78 is 1.80. The summed E-state index contributed by atoms with van der Waals surface area (Å²) in [6, 6.07) is 3.59. The van der Waals surface area contributed by atoms with Crippen LogP contribution in [-0.2, 0) is 0 Å². The highest BCUT2D eigenvalue weighted by atomic mass is 16.1. The van der Waals surface area contributed by atoms with Crippen LogP contribution in [-0.4, -0.2) is 27.0 Å². The lowest BCUT2D eigenvalue weighted by Gasteiger charge is -2.07. The first-order valence-corrected chi connectivity index (χ1v) is 6.89. The van der Waals surface area contributed by atoms with Crippen molar-refractivity contribution in [1.29, 1.82) is 0 Å². The van der Waals surface area contributed by atoms with Gasteiger partial charge in [-0.15, -0.1) is 0 Å². The highest BCUT2D eigenvalue weighted by Gasteiger charge is 2.06. The average Bonchev–Trinajstić information content (AvgIpc) is 2.97. The molecule has 106 valence electrons. The van der Waals surface area contributed by atoms with Crippen molar-refractivity contribution in [3.8, 4) is 5.82 Å². The maximum Gasteiger partial charge on any atom is 0.252 e. The Balaban J connectivity index is 1.88. The molecule has 0 aliphatic rings. The minimum Gasteiger partial charge on any atom is -0.352 e. The van der Waals surface area contributed by atoms with Crippen LogP contribution in [0.4, 0.5) is 0 Å². The van der Waals surface area contributed by atoms with Crippen molar-refractivity contribution in [2.75, 3.05) is 6.54 Å². The normalized spacial score (nSPS) is 10.8. The molecule has 1 amide bonds. The molecule has 0 fully saturated rings. The maximum absolute atomic E-state index is 11.9. The van der Waals surface area contributed by atoms with E-state index in [0.29, 0.717) is 18.0 Å². The van der Waals surface area contributed by atoms with Gasteiger partial charge in [-0.05, 0) is 30.9 Å². The van der Waals surface area contributed by atoms with Crippen LogP contribution in [0.25, 0.3) is 5.82 Å². The third-order valence-electron chi connectivity index (χ3n) is 3.02. The predicted molar refractivity (Wildman–Crippen MR) is 77.8 cm³/mol. The summed E-state index contributed by atoms with van der Waals surface area (Å²) in [5.74, 6) is 1.35. The molecule has 0 bridgehead atoms. The number of pyridine rings is 1. The Labute approximate surface area is 119 Å². The molecule has 0 saturated heterocycles. The molecular weight excluding hydrogens is 252 g/mol. The van der Waals surface area contributed by atoms with Crippen molar-refractivity contribution >= 4 is 5.91 Å². The second-order valence-electron chi connectivity index (χ2n) is 5.17. The highest BCUT2D eigenvalue weighted by Crippen LogP contribution is 2.06. The molecule has 0 aliphatic heterocycles. The van der Waals surface area contributed by atoms with Gasteiger partial charge in [-0.2, -0.15) is 0 Å². The molecule has 20 heavy (non-hydrogen) atoms. The van der Waals surface area contributed by atoms with Crippen molar-refractivity contribution in [3.63, 3.8) is 0 Å². The minimum atomic E-state index is -0.0709. The van der Waals surface area contributed by atoms with Gasteiger partial charge in [0.1, 0.15) is 12.1 Å². The Bertz CT molecular complexity index is 532. The molecule has 5 heteroatoms. The van der Waals surface area contributed by atoms with Crippen LogP contribution in [0, 0.1) is 5.92 Å². The van der Waals surface area contributed by atoms with E-state index in [1.807, 2.05) is 12.3 Å². The van der Waals surface area contributed by atoms with Gasteiger partial charge in [0.25, 0.3) is 5.91 Å². The van der Waals surface area contributed by atoms with Crippen molar-refractivity contribution in [2.24, 2.45) is 5.92 Å². The predicted octanol–water partition coefficient (Wildman–Crippen LogP) is 2.43. The lowest BCUT2D eigenvalue weighted by molar-refractivity contribution is 0.0952. The summed E-state index contributed by atoms with van der Waals surface area (Å²) >= 11 is 0. The van der Waals surface area contributed by atoms with E-state index < -0.39 is 0 Å². The molecule has 0 saturated carbocycles. The first-order valence-electron chi connectivity index (χ1n) is 6.89. The van der Waals surface area contributed by atoms with E-state index in [-0.39, 0.29) is 5.91 Å². The van der Waals surface area contributed by atoms with Gasteiger partial charge in [-0.1, -0.05) is 13.8 Å². The Morgan fingerprint density at radius 3 is 2.85 bits per heavy atom. The summed E-state index contributed by atoms with van der Waals surface area (Å²) in [5, 5.41) is 2.91. The summed E-state index contributed by atoms with van der Waals surface area (Å²) in [7, 11) is 0. The zero-order valence-electron chi connectivity index (χ0n) is 11.9. The standard InChI is InChI=1S/C15H20N4O/c1-12(2)4-3-7-17-15(20)13-5-6-14(18-10-13)19-9-8-16-11-19/h5-6,8-12H,3-4,7H2,1-2H3,(H,17,20). The number of rotatable bonds is 6. The van der Waals surface area contributed by atoms with E-state index in [9.17, 15) is 4.79 Å². The topological polar surface area (TPSA) is 59.8 Å². The van der Waals surface area contributed by atoms with Gasteiger partial charge in [0, 0.05) is 25.1 Å². The Morgan fingerprint density at radius 2 is 2.25 bits per heavy atom. The molecule has 2 heterocycles. The van der Waals surface area contributed by atoms with Crippen molar-refractivity contribution in [1.82, 2.24) is 19.9 Å². The summed E-state index contributed by atoms with van der Waals surface area (Å²) in [6.45, 7) is 5.07. The number of carbonyl (C=O) groups is 1. The average molecular weight is 272 g/mol. The molecule has 1 N–H and O–H groups in total. The molecule has 2 rings (SSSR count). The molecule has 2 aromatic heterocycles. The van der Waals surface area contributed by atoms with Gasteiger partial charge in [-0.25, -0.2) is 9.97 Å². The number of hydrogen-bond acceptors (Lipinski definition) is 3. The van der Waals surface area contributed by atoms with Gasteiger partial charge in [0.05, 0.1) is 5.56 Å². The number of hydrogen-bond donors (Lipinski definition) is 1. The number of nitrogens with zero attached hydrogens (tertiary/aromatic N) is 3. The summed E-state index contributed by atoms with van der Waals surface area (Å²) in [6.07, 6.45) is 8.90. The van der Waals surface area contributed by atoms with Crippen LogP contribution < -0.4 is 5.32 Å².